The standard InChI is InChI=1S/C18H22N2O3/c1-18(2,3)23-17(22)20-12-13(7-6-8-14(21)11-19)15-9-4-5-10-16(15)20/h4-5,9-10,12,14,21H,6-8H2,1-3H3. The number of aromatic nitrogens is 1. The SMILES string of the molecule is CC(C)(C)OC(=O)n1cc(CCCC(O)C#N)c2ccccc21. The minimum Gasteiger partial charge on any atom is -0.443 e. The van der Waals surface area contributed by atoms with Crippen LogP contribution in [-0.4, -0.2) is 27.5 Å². The molecule has 1 aromatic carbocycles. The highest BCUT2D eigenvalue weighted by molar-refractivity contribution is 5.92. The lowest BCUT2D eigenvalue weighted by molar-refractivity contribution is 0.0544. The molecule has 1 N–H and O–H groups in total. The summed E-state index contributed by atoms with van der Waals surface area (Å²) < 4.78 is 6.97. The Kier molecular flexibility index (Phi) is 5.07. The van der Waals surface area contributed by atoms with Crippen LogP contribution in [0, 0.1) is 11.3 Å². The number of para-hydroxylation sites is 1. The molecule has 2 aromatic rings. The largest absolute Gasteiger partial charge is 0.443 e. The fourth-order valence-electron chi connectivity index (χ4n) is 2.46. The molecule has 0 aliphatic heterocycles. The van der Waals surface area contributed by atoms with E-state index in [2.05, 4.69) is 0 Å². The van der Waals surface area contributed by atoms with Crippen molar-refractivity contribution in [1.29, 1.82) is 5.26 Å². The van der Waals surface area contributed by atoms with Gasteiger partial charge in [0.2, 0.25) is 0 Å². The molecular weight excluding hydrogens is 292 g/mol. The molecule has 1 atom stereocenters. The fourth-order valence-corrected chi connectivity index (χ4v) is 2.46. The van der Waals surface area contributed by atoms with Gasteiger partial charge in [0.25, 0.3) is 0 Å². The Morgan fingerprint density at radius 1 is 1.39 bits per heavy atom. The molecule has 1 unspecified atom stereocenters. The molecule has 0 saturated carbocycles. The smallest absolute Gasteiger partial charge is 0.419 e. The Bertz CT molecular complexity index is 735. The molecule has 23 heavy (non-hydrogen) atoms. The average Bonchev–Trinajstić information content (AvgIpc) is 2.85. The molecule has 2 rings (SSSR count). The number of carbonyl (C=O) groups excluding carboxylic acids is 1. The number of nitriles is 1. The van der Waals surface area contributed by atoms with Crippen molar-refractivity contribution in [3.63, 3.8) is 0 Å². The van der Waals surface area contributed by atoms with Crippen LogP contribution in [0.5, 0.6) is 0 Å². The maximum Gasteiger partial charge on any atom is 0.419 e. The highest BCUT2D eigenvalue weighted by atomic mass is 16.6. The molecule has 0 bridgehead atoms. The highest BCUT2D eigenvalue weighted by Crippen LogP contribution is 2.24. The van der Waals surface area contributed by atoms with Gasteiger partial charge in [-0.05, 0) is 51.7 Å². The van der Waals surface area contributed by atoms with Crippen LogP contribution in [0.4, 0.5) is 4.79 Å². The van der Waals surface area contributed by atoms with Gasteiger partial charge in [0.1, 0.15) is 11.7 Å². The zero-order chi connectivity index (χ0) is 17.0. The van der Waals surface area contributed by atoms with Crippen molar-refractivity contribution in [3.8, 4) is 6.07 Å². The summed E-state index contributed by atoms with van der Waals surface area (Å²) in [6.07, 6.45) is 2.23. The van der Waals surface area contributed by atoms with Crippen LogP contribution < -0.4 is 0 Å². The van der Waals surface area contributed by atoms with Gasteiger partial charge < -0.3 is 9.84 Å². The molecule has 0 fully saturated rings. The maximum atomic E-state index is 12.4. The molecule has 0 aliphatic carbocycles. The number of fused-ring (bicyclic) bond motifs is 1. The van der Waals surface area contributed by atoms with E-state index in [1.165, 1.54) is 4.57 Å². The number of benzene rings is 1. The number of ether oxygens (including phenoxy) is 1. The first-order valence-corrected chi connectivity index (χ1v) is 7.72. The number of hydrogen-bond acceptors (Lipinski definition) is 4. The van der Waals surface area contributed by atoms with Gasteiger partial charge in [-0.2, -0.15) is 5.26 Å². The van der Waals surface area contributed by atoms with Crippen LogP contribution in [0.1, 0.15) is 39.2 Å². The van der Waals surface area contributed by atoms with Gasteiger partial charge in [-0.15, -0.1) is 0 Å². The third-order valence-electron chi connectivity index (χ3n) is 3.46. The summed E-state index contributed by atoms with van der Waals surface area (Å²) in [6, 6.07) is 9.47. The Morgan fingerprint density at radius 2 is 2.09 bits per heavy atom. The third kappa shape index (κ3) is 4.33. The number of nitrogens with zero attached hydrogens (tertiary/aromatic N) is 2. The Labute approximate surface area is 136 Å². The van der Waals surface area contributed by atoms with Crippen LogP contribution in [0.25, 0.3) is 10.9 Å². The van der Waals surface area contributed by atoms with Crippen LogP contribution in [-0.2, 0) is 11.2 Å². The van der Waals surface area contributed by atoms with E-state index in [1.54, 1.807) is 6.20 Å². The molecule has 5 nitrogen and oxygen atoms in total. The van der Waals surface area contributed by atoms with Gasteiger partial charge in [-0.3, -0.25) is 4.57 Å². The third-order valence-corrected chi connectivity index (χ3v) is 3.46. The summed E-state index contributed by atoms with van der Waals surface area (Å²) >= 11 is 0. The number of carbonyl (C=O) groups is 1. The first-order valence-electron chi connectivity index (χ1n) is 7.72. The topological polar surface area (TPSA) is 75.2 Å². The quantitative estimate of drug-likeness (QED) is 0.874. The van der Waals surface area contributed by atoms with Crippen molar-refractivity contribution < 1.29 is 14.6 Å². The van der Waals surface area contributed by atoms with Gasteiger partial charge >= 0.3 is 6.09 Å². The van der Waals surface area contributed by atoms with Crippen LogP contribution >= 0.6 is 0 Å². The van der Waals surface area contributed by atoms with Gasteiger partial charge in [0, 0.05) is 11.6 Å². The minimum absolute atomic E-state index is 0.406. The lowest BCUT2D eigenvalue weighted by atomic mass is 10.1. The fraction of sp³-hybridized carbons (Fsp3) is 0.444. The molecule has 122 valence electrons. The van der Waals surface area contributed by atoms with Crippen molar-refractivity contribution in [2.45, 2.75) is 51.7 Å². The minimum atomic E-state index is -0.936. The predicted octanol–water partition coefficient (Wildman–Crippen LogP) is 3.63. The second kappa shape index (κ2) is 6.84. The van der Waals surface area contributed by atoms with E-state index in [-0.39, 0.29) is 0 Å². The van der Waals surface area contributed by atoms with Crippen LogP contribution in [0.2, 0.25) is 0 Å². The van der Waals surface area contributed by atoms with Gasteiger partial charge in [0.05, 0.1) is 11.6 Å². The Balaban J connectivity index is 2.26. The normalized spacial score (nSPS) is 12.8. The van der Waals surface area contributed by atoms with Crippen LogP contribution in [0.15, 0.2) is 30.5 Å². The number of aryl methyl sites for hydroxylation is 1. The highest BCUT2D eigenvalue weighted by Gasteiger charge is 2.20. The lowest BCUT2D eigenvalue weighted by Gasteiger charge is -2.19. The maximum absolute atomic E-state index is 12.4. The molecule has 0 saturated heterocycles. The van der Waals surface area contributed by atoms with E-state index in [0.29, 0.717) is 19.3 Å². The molecular formula is C18H22N2O3. The number of aliphatic hydroxyl groups excluding tert-OH is 1. The van der Waals surface area contributed by atoms with Crippen molar-refractivity contribution in [1.82, 2.24) is 4.57 Å². The second-order valence-corrected chi connectivity index (χ2v) is 6.56. The lowest BCUT2D eigenvalue weighted by Crippen LogP contribution is -2.26. The summed E-state index contributed by atoms with van der Waals surface area (Å²) in [5.41, 5.74) is 1.26. The first kappa shape index (κ1) is 17.0. The second-order valence-electron chi connectivity index (χ2n) is 6.56. The molecule has 0 aliphatic rings. The summed E-state index contributed by atoms with van der Waals surface area (Å²) in [5.74, 6) is 0. The zero-order valence-electron chi connectivity index (χ0n) is 13.7. The number of rotatable bonds is 4. The van der Waals surface area contributed by atoms with E-state index in [0.717, 1.165) is 16.5 Å². The van der Waals surface area contributed by atoms with E-state index in [9.17, 15) is 9.90 Å². The predicted molar refractivity (Wildman–Crippen MR) is 88.1 cm³/mol. The molecule has 0 amide bonds. The molecule has 0 radical (unpaired) electrons. The summed E-state index contributed by atoms with van der Waals surface area (Å²) in [5, 5.41) is 18.9. The monoisotopic (exact) mass is 314 g/mol. The van der Waals surface area contributed by atoms with E-state index < -0.39 is 17.8 Å². The van der Waals surface area contributed by atoms with Gasteiger partial charge in [-0.1, -0.05) is 18.2 Å². The van der Waals surface area contributed by atoms with Gasteiger partial charge in [-0.25, -0.2) is 4.79 Å². The molecule has 1 aromatic heterocycles. The van der Waals surface area contributed by atoms with Crippen molar-refractivity contribution in [3.05, 3.63) is 36.0 Å². The average molecular weight is 314 g/mol. The summed E-state index contributed by atoms with van der Waals surface area (Å²) in [6.45, 7) is 5.50. The van der Waals surface area contributed by atoms with E-state index in [1.807, 2.05) is 51.1 Å². The van der Waals surface area contributed by atoms with Crippen molar-refractivity contribution >= 4 is 17.0 Å². The molecule has 5 heteroatoms. The summed E-state index contributed by atoms with van der Waals surface area (Å²) in [7, 11) is 0. The van der Waals surface area contributed by atoms with Gasteiger partial charge in [0.15, 0.2) is 0 Å². The molecule has 0 spiro atoms. The first-order chi connectivity index (χ1) is 10.8. The van der Waals surface area contributed by atoms with Crippen molar-refractivity contribution in [2.75, 3.05) is 0 Å². The van der Waals surface area contributed by atoms with Crippen molar-refractivity contribution in [2.24, 2.45) is 0 Å². The Hall–Kier alpha value is -2.32. The van der Waals surface area contributed by atoms with E-state index in [4.69, 9.17) is 10.00 Å². The van der Waals surface area contributed by atoms with Crippen LogP contribution in [0.3, 0.4) is 0 Å². The summed E-state index contributed by atoms with van der Waals surface area (Å²) in [4.78, 5) is 12.4. The zero-order valence-corrected chi connectivity index (χ0v) is 13.7. The number of aliphatic hydroxyl groups is 1. The van der Waals surface area contributed by atoms with E-state index >= 15 is 0 Å². The Morgan fingerprint density at radius 3 is 2.74 bits per heavy atom. The number of hydrogen-bond donors (Lipinski definition) is 1. The molecule has 1 heterocycles.